The summed E-state index contributed by atoms with van der Waals surface area (Å²) in [6, 6.07) is 9.59. The summed E-state index contributed by atoms with van der Waals surface area (Å²) < 4.78 is 5.34. The molecule has 0 heterocycles. The molecule has 1 saturated carbocycles. The number of para-hydroxylation sites is 1. The van der Waals surface area contributed by atoms with Gasteiger partial charge in [0.25, 0.3) is 5.91 Å². The fourth-order valence-corrected chi connectivity index (χ4v) is 2.02. The second-order valence-corrected chi connectivity index (χ2v) is 4.90. The molecule has 20 heavy (non-hydrogen) atoms. The summed E-state index contributed by atoms with van der Waals surface area (Å²) in [5, 5.41) is 2.76. The molecule has 0 radical (unpaired) electrons. The number of carbonyl (C=O) groups excluding carboxylic acids is 2. The SMILES string of the molecule is CC(=O)N(CCNC(=O)COc1ccccc1)C1CC1. The molecule has 1 N–H and O–H groups in total. The van der Waals surface area contributed by atoms with E-state index in [2.05, 4.69) is 5.32 Å². The van der Waals surface area contributed by atoms with Crippen molar-refractivity contribution in [2.24, 2.45) is 0 Å². The van der Waals surface area contributed by atoms with Crippen molar-refractivity contribution in [3.05, 3.63) is 30.3 Å². The molecule has 108 valence electrons. The van der Waals surface area contributed by atoms with Gasteiger partial charge in [-0.3, -0.25) is 9.59 Å². The van der Waals surface area contributed by atoms with Crippen LogP contribution in [0.25, 0.3) is 0 Å². The van der Waals surface area contributed by atoms with Gasteiger partial charge in [-0.1, -0.05) is 18.2 Å². The molecule has 0 bridgehead atoms. The van der Waals surface area contributed by atoms with Gasteiger partial charge in [0.2, 0.25) is 5.91 Å². The number of nitrogens with zero attached hydrogens (tertiary/aromatic N) is 1. The van der Waals surface area contributed by atoms with Crippen molar-refractivity contribution in [2.75, 3.05) is 19.7 Å². The number of ether oxygens (including phenoxy) is 1. The molecular weight excluding hydrogens is 256 g/mol. The third-order valence-corrected chi connectivity index (χ3v) is 3.18. The molecule has 1 aliphatic rings. The third-order valence-electron chi connectivity index (χ3n) is 3.18. The van der Waals surface area contributed by atoms with Crippen LogP contribution in [0.15, 0.2) is 30.3 Å². The number of carbonyl (C=O) groups is 2. The smallest absolute Gasteiger partial charge is 0.258 e. The third kappa shape index (κ3) is 4.57. The van der Waals surface area contributed by atoms with Crippen LogP contribution in [-0.4, -0.2) is 42.5 Å². The van der Waals surface area contributed by atoms with Crippen LogP contribution in [0, 0.1) is 0 Å². The first-order valence-electron chi connectivity index (χ1n) is 6.88. The summed E-state index contributed by atoms with van der Waals surface area (Å²) in [6.07, 6.45) is 2.15. The molecule has 2 rings (SSSR count). The summed E-state index contributed by atoms with van der Waals surface area (Å²) in [7, 11) is 0. The lowest BCUT2D eigenvalue weighted by Gasteiger charge is -2.20. The molecule has 0 spiro atoms. The number of hydrogen-bond acceptors (Lipinski definition) is 3. The molecule has 0 unspecified atom stereocenters. The molecule has 5 heteroatoms. The van der Waals surface area contributed by atoms with Crippen LogP contribution < -0.4 is 10.1 Å². The summed E-state index contributed by atoms with van der Waals surface area (Å²) in [4.78, 5) is 24.8. The van der Waals surface area contributed by atoms with Gasteiger partial charge in [-0.2, -0.15) is 0 Å². The topological polar surface area (TPSA) is 58.6 Å². The molecule has 1 aromatic carbocycles. The Kier molecular flexibility index (Phi) is 4.98. The molecule has 5 nitrogen and oxygen atoms in total. The minimum atomic E-state index is -0.173. The average Bonchev–Trinajstić information content (AvgIpc) is 3.26. The van der Waals surface area contributed by atoms with Gasteiger partial charge < -0.3 is 15.0 Å². The van der Waals surface area contributed by atoms with Crippen LogP contribution in [0.5, 0.6) is 5.75 Å². The number of amides is 2. The Morgan fingerprint density at radius 3 is 2.60 bits per heavy atom. The summed E-state index contributed by atoms with van der Waals surface area (Å²) >= 11 is 0. The normalized spacial score (nSPS) is 13.7. The first kappa shape index (κ1) is 14.4. The van der Waals surface area contributed by atoms with E-state index in [1.807, 2.05) is 23.1 Å². The van der Waals surface area contributed by atoms with Crippen molar-refractivity contribution in [1.29, 1.82) is 0 Å². The number of rotatable bonds is 7. The lowest BCUT2D eigenvalue weighted by molar-refractivity contribution is -0.130. The van der Waals surface area contributed by atoms with Crippen molar-refractivity contribution in [2.45, 2.75) is 25.8 Å². The maximum absolute atomic E-state index is 11.6. The van der Waals surface area contributed by atoms with Crippen LogP contribution in [0.3, 0.4) is 0 Å². The molecule has 0 saturated heterocycles. The minimum Gasteiger partial charge on any atom is -0.484 e. The Labute approximate surface area is 118 Å². The zero-order valence-electron chi connectivity index (χ0n) is 11.7. The maximum atomic E-state index is 11.6. The monoisotopic (exact) mass is 276 g/mol. The second kappa shape index (κ2) is 6.93. The van der Waals surface area contributed by atoms with Gasteiger partial charge in [0.15, 0.2) is 6.61 Å². The predicted molar refractivity (Wildman–Crippen MR) is 75.4 cm³/mol. The Bertz CT molecular complexity index is 457. The molecule has 1 aromatic rings. The van der Waals surface area contributed by atoms with E-state index >= 15 is 0 Å². The van der Waals surface area contributed by atoms with Gasteiger partial charge in [0.05, 0.1) is 0 Å². The molecule has 0 aromatic heterocycles. The van der Waals surface area contributed by atoms with Crippen molar-refractivity contribution in [3.63, 3.8) is 0 Å². The molecule has 0 aliphatic heterocycles. The second-order valence-electron chi connectivity index (χ2n) is 4.90. The van der Waals surface area contributed by atoms with E-state index in [-0.39, 0.29) is 18.4 Å². The van der Waals surface area contributed by atoms with Gasteiger partial charge in [-0.25, -0.2) is 0 Å². The van der Waals surface area contributed by atoms with E-state index in [4.69, 9.17) is 4.74 Å². The van der Waals surface area contributed by atoms with Crippen LogP contribution in [0.1, 0.15) is 19.8 Å². The maximum Gasteiger partial charge on any atom is 0.258 e. The highest BCUT2D eigenvalue weighted by molar-refractivity contribution is 5.77. The van der Waals surface area contributed by atoms with E-state index < -0.39 is 0 Å². The summed E-state index contributed by atoms with van der Waals surface area (Å²) in [5.41, 5.74) is 0. The number of nitrogens with one attached hydrogen (secondary N) is 1. The zero-order valence-corrected chi connectivity index (χ0v) is 11.7. The molecule has 1 fully saturated rings. The largest absolute Gasteiger partial charge is 0.484 e. The van der Waals surface area contributed by atoms with E-state index in [9.17, 15) is 9.59 Å². The van der Waals surface area contributed by atoms with Gasteiger partial charge >= 0.3 is 0 Å². The minimum absolute atomic E-state index is 0.00644. The van der Waals surface area contributed by atoms with E-state index in [1.54, 1.807) is 19.1 Å². The molecule has 0 atom stereocenters. The first-order valence-corrected chi connectivity index (χ1v) is 6.88. The van der Waals surface area contributed by atoms with Crippen molar-refractivity contribution >= 4 is 11.8 Å². The van der Waals surface area contributed by atoms with Crippen LogP contribution in [-0.2, 0) is 9.59 Å². The van der Waals surface area contributed by atoms with Crippen molar-refractivity contribution in [1.82, 2.24) is 10.2 Å². The average molecular weight is 276 g/mol. The Morgan fingerprint density at radius 2 is 2.00 bits per heavy atom. The fraction of sp³-hybridized carbons (Fsp3) is 0.467. The summed E-state index contributed by atoms with van der Waals surface area (Å²) in [5.74, 6) is 0.571. The van der Waals surface area contributed by atoms with Crippen LogP contribution >= 0.6 is 0 Å². The highest BCUT2D eigenvalue weighted by Gasteiger charge is 2.30. The lowest BCUT2D eigenvalue weighted by atomic mass is 10.3. The van der Waals surface area contributed by atoms with Crippen molar-refractivity contribution < 1.29 is 14.3 Å². The van der Waals surface area contributed by atoms with Crippen LogP contribution in [0.2, 0.25) is 0 Å². The molecule has 2 amide bonds. The standard InChI is InChI=1S/C15H20N2O3/c1-12(18)17(13-7-8-13)10-9-16-15(19)11-20-14-5-3-2-4-6-14/h2-6,13H,7-11H2,1H3,(H,16,19). The molecule has 1 aliphatic carbocycles. The lowest BCUT2D eigenvalue weighted by Crippen LogP contribution is -2.40. The highest BCUT2D eigenvalue weighted by atomic mass is 16.5. The van der Waals surface area contributed by atoms with E-state index in [1.165, 1.54) is 0 Å². The Hall–Kier alpha value is -2.04. The van der Waals surface area contributed by atoms with Gasteiger partial charge in [-0.15, -0.1) is 0 Å². The molecular formula is C15H20N2O3. The highest BCUT2D eigenvalue weighted by Crippen LogP contribution is 2.26. The summed E-state index contributed by atoms with van der Waals surface area (Å²) in [6.45, 7) is 2.59. The Balaban J connectivity index is 1.63. The van der Waals surface area contributed by atoms with Gasteiger partial charge in [0.1, 0.15) is 5.75 Å². The van der Waals surface area contributed by atoms with Crippen LogP contribution in [0.4, 0.5) is 0 Å². The Morgan fingerprint density at radius 1 is 1.30 bits per heavy atom. The van der Waals surface area contributed by atoms with E-state index in [0.717, 1.165) is 12.8 Å². The quantitative estimate of drug-likeness (QED) is 0.814. The fourth-order valence-electron chi connectivity index (χ4n) is 2.02. The number of benzene rings is 1. The van der Waals surface area contributed by atoms with E-state index in [0.29, 0.717) is 24.9 Å². The van der Waals surface area contributed by atoms with Crippen molar-refractivity contribution in [3.8, 4) is 5.75 Å². The zero-order chi connectivity index (χ0) is 14.4. The first-order chi connectivity index (χ1) is 9.66. The number of hydrogen-bond donors (Lipinski definition) is 1. The van der Waals surface area contributed by atoms with Gasteiger partial charge in [-0.05, 0) is 25.0 Å². The van der Waals surface area contributed by atoms with Gasteiger partial charge in [0, 0.05) is 26.1 Å². The predicted octanol–water partition coefficient (Wildman–Crippen LogP) is 1.19.